The third-order valence-corrected chi connectivity index (χ3v) is 3.57. The Morgan fingerprint density at radius 2 is 2.00 bits per heavy atom. The molecule has 108 valence electrons. The van der Waals surface area contributed by atoms with Crippen LogP contribution in [0.25, 0.3) is 0 Å². The Bertz CT molecular complexity index is 646. The van der Waals surface area contributed by atoms with E-state index in [4.69, 9.17) is 16.3 Å². The molecule has 1 aliphatic rings. The molecule has 0 spiro atoms. The molecule has 0 bridgehead atoms. The van der Waals surface area contributed by atoms with Crippen molar-refractivity contribution in [3.63, 3.8) is 0 Å². The average Bonchev–Trinajstić information content (AvgIpc) is 2.49. The van der Waals surface area contributed by atoms with Crippen LogP contribution in [0.3, 0.4) is 0 Å². The van der Waals surface area contributed by atoms with Gasteiger partial charge in [0.1, 0.15) is 12.4 Å². The third kappa shape index (κ3) is 3.28. The number of hydrogen-bond donors (Lipinski definition) is 1. The number of ether oxygens (including phenoxy) is 1. The fraction of sp³-hybridized carbons (Fsp3) is 0.188. The highest BCUT2D eigenvalue weighted by Crippen LogP contribution is 2.26. The molecule has 1 aliphatic heterocycles. The van der Waals surface area contributed by atoms with Crippen molar-refractivity contribution in [2.45, 2.75) is 6.54 Å². The number of amides is 2. The molecule has 0 aliphatic carbocycles. The summed E-state index contributed by atoms with van der Waals surface area (Å²) in [6, 6.07) is 15.0. The molecule has 0 unspecified atom stereocenters. The first-order valence-corrected chi connectivity index (χ1v) is 7.12. The summed E-state index contributed by atoms with van der Waals surface area (Å²) < 4.78 is 5.62. The van der Waals surface area contributed by atoms with Crippen LogP contribution in [0, 0.1) is 0 Å². The second kappa shape index (κ2) is 6.06. The van der Waals surface area contributed by atoms with Gasteiger partial charge >= 0.3 is 6.03 Å². The zero-order valence-corrected chi connectivity index (χ0v) is 12.1. The average molecular weight is 303 g/mol. The summed E-state index contributed by atoms with van der Waals surface area (Å²) in [5.74, 6) is 0.807. The van der Waals surface area contributed by atoms with Gasteiger partial charge in [-0.3, -0.25) is 0 Å². The smallest absolute Gasteiger partial charge is 0.322 e. The molecule has 4 nitrogen and oxygen atoms in total. The van der Waals surface area contributed by atoms with Gasteiger partial charge in [0.15, 0.2) is 0 Å². The number of halogens is 1. The molecule has 0 fully saturated rings. The van der Waals surface area contributed by atoms with Gasteiger partial charge in [-0.05, 0) is 29.8 Å². The maximum absolute atomic E-state index is 12.0. The van der Waals surface area contributed by atoms with Gasteiger partial charge in [-0.1, -0.05) is 35.9 Å². The first kappa shape index (κ1) is 13.8. The summed E-state index contributed by atoms with van der Waals surface area (Å²) in [7, 11) is 0. The highest BCUT2D eigenvalue weighted by atomic mass is 35.5. The van der Waals surface area contributed by atoms with Gasteiger partial charge < -0.3 is 15.0 Å². The zero-order valence-electron chi connectivity index (χ0n) is 11.4. The topological polar surface area (TPSA) is 41.6 Å². The van der Waals surface area contributed by atoms with Crippen molar-refractivity contribution in [1.29, 1.82) is 0 Å². The highest BCUT2D eigenvalue weighted by molar-refractivity contribution is 6.31. The maximum atomic E-state index is 12.0. The van der Waals surface area contributed by atoms with E-state index in [0.29, 0.717) is 24.7 Å². The lowest BCUT2D eigenvalue weighted by Crippen LogP contribution is -2.40. The number of anilines is 1. The van der Waals surface area contributed by atoms with Gasteiger partial charge in [-0.15, -0.1) is 0 Å². The number of carbonyl (C=O) groups is 1. The lowest BCUT2D eigenvalue weighted by atomic mass is 10.1. The summed E-state index contributed by atoms with van der Waals surface area (Å²) in [5, 5.41) is 3.47. The number of carbonyl (C=O) groups excluding carboxylic acids is 1. The number of fused-ring (bicyclic) bond motifs is 1. The van der Waals surface area contributed by atoms with Gasteiger partial charge in [0, 0.05) is 17.3 Å². The van der Waals surface area contributed by atoms with Crippen molar-refractivity contribution in [2.24, 2.45) is 0 Å². The molecule has 2 aromatic rings. The Kier molecular flexibility index (Phi) is 3.97. The van der Waals surface area contributed by atoms with Gasteiger partial charge in [0.05, 0.1) is 6.54 Å². The third-order valence-electron chi connectivity index (χ3n) is 3.34. The van der Waals surface area contributed by atoms with Crippen LogP contribution in [0.4, 0.5) is 10.5 Å². The number of rotatable bonds is 4. The minimum absolute atomic E-state index is 0.124. The highest BCUT2D eigenvalue weighted by Gasteiger charge is 2.22. The van der Waals surface area contributed by atoms with E-state index in [1.165, 1.54) is 0 Å². The quantitative estimate of drug-likeness (QED) is 0.934. The fourth-order valence-electron chi connectivity index (χ4n) is 2.25. The normalized spacial score (nSPS) is 13.6. The van der Waals surface area contributed by atoms with Crippen LogP contribution in [0.2, 0.25) is 5.02 Å². The molecule has 5 heteroatoms. The van der Waals surface area contributed by atoms with E-state index < -0.39 is 0 Å². The number of nitrogens with one attached hydrogen (secondary N) is 1. The lowest BCUT2D eigenvalue weighted by molar-refractivity contribution is 0.189. The molecule has 1 heterocycles. The van der Waals surface area contributed by atoms with Crippen LogP contribution < -0.4 is 10.1 Å². The summed E-state index contributed by atoms with van der Waals surface area (Å²) in [6.45, 7) is 1.56. The Balaban J connectivity index is 1.59. The summed E-state index contributed by atoms with van der Waals surface area (Å²) in [5.41, 5.74) is 1.84. The first-order chi connectivity index (χ1) is 10.2. The van der Waals surface area contributed by atoms with Crippen molar-refractivity contribution in [1.82, 2.24) is 4.90 Å². The Hall–Kier alpha value is -2.20. The Morgan fingerprint density at radius 3 is 2.81 bits per heavy atom. The largest absolute Gasteiger partial charge is 0.492 e. The number of urea groups is 1. The fourth-order valence-corrected chi connectivity index (χ4v) is 2.42. The molecule has 21 heavy (non-hydrogen) atoms. The van der Waals surface area contributed by atoms with Crippen molar-refractivity contribution in [2.75, 3.05) is 18.5 Å². The van der Waals surface area contributed by atoms with E-state index in [0.717, 1.165) is 17.0 Å². The van der Waals surface area contributed by atoms with Crippen LogP contribution >= 0.6 is 11.6 Å². The molecule has 0 saturated carbocycles. The first-order valence-electron chi connectivity index (χ1n) is 6.74. The standard InChI is InChI=1S/C16H15ClN2O2/c17-13-7-6-12-11-19(16(20)18-15(12)10-13)8-9-21-14-4-2-1-3-5-14/h1-7,10H,8-9,11H2,(H,18,20). The molecular formula is C16H15ClN2O2. The molecule has 3 rings (SSSR count). The van der Waals surface area contributed by atoms with Crippen LogP contribution in [0.15, 0.2) is 48.5 Å². The second-order valence-corrected chi connectivity index (χ2v) is 5.25. The minimum Gasteiger partial charge on any atom is -0.492 e. The molecule has 2 amide bonds. The van der Waals surface area contributed by atoms with E-state index in [1.807, 2.05) is 42.5 Å². The number of benzene rings is 2. The number of nitrogens with zero attached hydrogens (tertiary/aromatic N) is 1. The molecular weight excluding hydrogens is 288 g/mol. The van der Waals surface area contributed by atoms with Crippen LogP contribution in [0.5, 0.6) is 5.75 Å². The Morgan fingerprint density at radius 1 is 1.19 bits per heavy atom. The van der Waals surface area contributed by atoms with E-state index in [9.17, 15) is 4.79 Å². The molecule has 2 aromatic carbocycles. The van der Waals surface area contributed by atoms with Crippen LogP contribution in [-0.2, 0) is 6.54 Å². The molecule has 0 radical (unpaired) electrons. The molecule has 0 atom stereocenters. The number of hydrogen-bond acceptors (Lipinski definition) is 2. The second-order valence-electron chi connectivity index (χ2n) is 4.81. The van der Waals surface area contributed by atoms with E-state index in [2.05, 4.69) is 5.32 Å². The lowest BCUT2D eigenvalue weighted by Gasteiger charge is -2.29. The monoisotopic (exact) mass is 302 g/mol. The van der Waals surface area contributed by atoms with Crippen molar-refractivity contribution < 1.29 is 9.53 Å². The summed E-state index contributed by atoms with van der Waals surface area (Å²) in [6.07, 6.45) is 0. The molecule has 0 aromatic heterocycles. The minimum atomic E-state index is -0.124. The summed E-state index contributed by atoms with van der Waals surface area (Å²) >= 11 is 5.93. The van der Waals surface area contributed by atoms with Gasteiger partial charge in [-0.25, -0.2) is 4.79 Å². The van der Waals surface area contributed by atoms with Gasteiger partial charge in [0.2, 0.25) is 0 Å². The van der Waals surface area contributed by atoms with E-state index in [1.54, 1.807) is 11.0 Å². The predicted octanol–water partition coefficient (Wildman–Crippen LogP) is 3.77. The van der Waals surface area contributed by atoms with Crippen LogP contribution in [0.1, 0.15) is 5.56 Å². The Labute approximate surface area is 128 Å². The van der Waals surface area contributed by atoms with Crippen molar-refractivity contribution >= 4 is 23.3 Å². The van der Waals surface area contributed by atoms with Gasteiger partial charge in [-0.2, -0.15) is 0 Å². The van der Waals surface area contributed by atoms with Gasteiger partial charge in [0.25, 0.3) is 0 Å². The van der Waals surface area contributed by atoms with Crippen molar-refractivity contribution in [3.8, 4) is 5.75 Å². The van der Waals surface area contributed by atoms with Crippen molar-refractivity contribution in [3.05, 3.63) is 59.1 Å². The van der Waals surface area contributed by atoms with E-state index in [-0.39, 0.29) is 6.03 Å². The zero-order chi connectivity index (χ0) is 14.7. The number of para-hydroxylation sites is 1. The summed E-state index contributed by atoms with van der Waals surface area (Å²) in [4.78, 5) is 13.7. The molecule has 1 N–H and O–H groups in total. The van der Waals surface area contributed by atoms with Crippen LogP contribution in [-0.4, -0.2) is 24.1 Å². The molecule has 0 saturated heterocycles. The predicted molar refractivity (Wildman–Crippen MR) is 82.8 cm³/mol. The maximum Gasteiger partial charge on any atom is 0.322 e. The SMILES string of the molecule is O=C1Nc2cc(Cl)ccc2CN1CCOc1ccccc1. The van der Waals surface area contributed by atoms with E-state index >= 15 is 0 Å².